The van der Waals surface area contributed by atoms with Crippen molar-refractivity contribution in [3.05, 3.63) is 86.3 Å². The lowest BCUT2D eigenvalue weighted by atomic mass is 9.99. The van der Waals surface area contributed by atoms with E-state index in [9.17, 15) is 14.9 Å². The summed E-state index contributed by atoms with van der Waals surface area (Å²) in [5.74, 6) is 0. The van der Waals surface area contributed by atoms with Gasteiger partial charge in [0.05, 0.1) is 15.7 Å². The van der Waals surface area contributed by atoms with Crippen molar-refractivity contribution in [2.75, 3.05) is 0 Å². The second-order valence-corrected chi connectivity index (χ2v) is 4.76. The summed E-state index contributed by atoms with van der Waals surface area (Å²) in [6, 6.07) is 14.2. The average Bonchev–Trinajstić information content (AvgIpc) is 2.50. The first-order valence-corrected chi connectivity index (χ1v) is 6.48. The molecule has 5 nitrogen and oxygen atoms in total. The van der Waals surface area contributed by atoms with Crippen LogP contribution in [0.15, 0.2) is 59.5 Å². The maximum absolute atomic E-state index is 11.9. The molecular formula is C16H12N2O3. The number of H-pyrrole nitrogens is 1. The molecule has 0 bridgehead atoms. The Morgan fingerprint density at radius 1 is 1.05 bits per heavy atom. The Morgan fingerprint density at radius 3 is 2.52 bits per heavy atom. The monoisotopic (exact) mass is 280 g/mol. The van der Waals surface area contributed by atoms with Crippen molar-refractivity contribution < 1.29 is 4.92 Å². The molecule has 0 amide bonds. The molecule has 1 aromatic heterocycles. The lowest BCUT2D eigenvalue weighted by Crippen LogP contribution is -2.08. The van der Waals surface area contributed by atoms with Crippen LogP contribution >= 0.6 is 0 Å². The van der Waals surface area contributed by atoms with Gasteiger partial charge in [-0.1, -0.05) is 36.4 Å². The van der Waals surface area contributed by atoms with E-state index in [2.05, 4.69) is 4.98 Å². The maximum Gasteiger partial charge on any atom is 0.277 e. The number of pyridine rings is 1. The molecule has 21 heavy (non-hydrogen) atoms. The van der Waals surface area contributed by atoms with Crippen LogP contribution in [-0.4, -0.2) is 9.91 Å². The predicted molar refractivity (Wildman–Crippen MR) is 80.5 cm³/mol. The Balaban J connectivity index is 2.25. The third-order valence-corrected chi connectivity index (χ3v) is 3.42. The number of aromatic amines is 1. The van der Waals surface area contributed by atoms with Crippen molar-refractivity contribution in [3.63, 3.8) is 0 Å². The quantitative estimate of drug-likeness (QED) is 0.591. The zero-order valence-electron chi connectivity index (χ0n) is 11.1. The van der Waals surface area contributed by atoms with E-state index < -0.39 is 4.92 Å². The molecule has 0 saturated carbocycles. The van der Waals surface area contributed by atoms with Crippen molar-refractivity contribution in [3.8, 4) is 0 Å². The molecule has 0 aliphatic carbocycles. The molecule has 0 unspecified atom stereocenters. The van der Waals surface area contributed by atoms with E-state index in [1.165, 1.54) is 12.1 Å². The van der Waals surface area contributed by atoms with E-state index in [0.29, 0.717) is 17.2 Å². The Kier molecular flexibility index (Phi) is 3.23. The summed E-state index contributed by atoms with van der Waals surface area (Å²) < 4.78 is 0. The van der Waals surface area contributed by atoms with Gasteiger partial charge in [0.2, 0.25) is 0 Å². The highest BCUT2D eigenvalue weighted by atomic mass is 16.6. The summed E-state index contributed by atoms with van der Waals surface area (Å²) in [6.07, 6.45) is 2.09. The Morgan fingerprint density at radius 2 is 1.81 bits per heavy atom. The van der Waals surface area contributed by atoms with E-state index in [4.69, 9.17) is 0 Å². The van der Waals surface area contributed by atoms with Gasteiger partial charge in [-0.3, -0.25) is 14.9 Å². The minimum absolute atomic E-state index is 0.0375. The molecule has 1 heterocycles. The van der Waals surface area contributed by atoms with Gasteiger partial charge in [0, 0.05) is 12.3 Å². The van der Waals surface area contributed by atoms with Crippen molar-refractivity contribution in [2.45, 2.75) is 6.42 Å². The molecule has 0 radical (unpaired) electrons. The zero-order chi connectivity index (χ0) is 14.8. The largest absolute Gasteiger partial charge is 0.328 e. The number of fused-ring (bicyclic) bond motifs is 1. The number of aromatic nitrogens is 1. The van der Waals surface area contributed by atoms with Crippen LogP contribution in [0.5, 0.6) is 0 Å². The molecule has 0 fully saturated rings. The highest BCUT2D eigenvalue weighted by Gasteiger charge is 2.17. The molecule has 0 spiro atoms. The van der Waals surface area contributed by atoms with Crippen LogP contribution in [-0.2, 0) is 6.42 Å². The molecule has 1 N–H and O–H groups in total. The number of nitrogens with zero attached hydrogens (tertiary/aromatic N) is 1. The minimum Gasteiger partial charge on any atom is -0.328 e. The van der Waals surface area contributed by atoms with E-state index in [1.807, 2.05) is 30.3 Å². The fraction of sp³-hybridized carbons (Fsp3) is 0.0625. The van der Waals surface area contributed by atoms with Crippen molar-refractivity contribution in [2.24, 2.45) is 0 Å². The van der Waals surface area contributed by atoms with E-state index >= 15 is 0 Å². The zero-order valence-corrected chi connectivity index (χ0v) is 11.1. The summed E-state index contributed by atoms with van der Waals surface area (Å²) in [7, 11) is 0. The standard InChI is InChI=1S/C16H12N2O3/c19-16-13-7-4-8-14(18(20)21)15(13)12(10-17-16)9-11-5-2-1-3-6-11/h1-8,10H,9H2,(H,17,19). The number of rotatable bonds is 3. The average molecular weight is 280 g/mol. The molecule has 0 aliphatic heterocycles. The first-order valence-electron chi connectivity index (χ1n) is 6.48. The summed E-state index contributed by atoms with van der Waals surface area (Å²) >= 11 is 0. The van der Waals surface area contributed by atoms with Crippen molar-refractivity contribution in [1.29, 1.82) is 0 Å². The predicted octanol–water partition coefficient (Wildman–Crippen LogP) is 3.03. The first kappa shape index (κ1) is 13.1. The minimum atomic E-state index is -0.448. The van der Waals surface area contributed by atoms with Crippen molar-refractivity contribution >= 4 is 16.5 Å². The van der Waals surface area contributed by atoms with Gasteiger partial charge in [-0.15, -0.1) is 0 Å². The van der Waals surface area contributed by atoms with Crippen LogP contribution in [0.1, 0.15) is 11.1 Å². The smallest absolute Gasteiger partial charge is 0.277 e. The van der Waals surface area contributed by atoms with Crippen LogP contribution in [0.3, 0.4) is 0 Å². The Hall–Kier alpha value is -2.95. The van der Waals surface area contributed by atoms with Gasteiger partial charge < -0.3 is 4.98 Å². The number of benzene rings is 2. The number of hydrogen-bond acceptors (Lipinski definition) is 3. The van der Waals surface area contributed by atoms with E-state index in [0.717, 1.165) is 11.1 Å². The third-order valence-electron chi connectivity index (χ3n) is 3.42. The lowest BCUT2D eigenvalue weighted by Gasteiger charge is -2.07. The molecule has 0 saturated heterocycles. The molecule has 5 heteroatoms. The fourth-order valence-electron chi connectivity index (χ4n) is 2.48. The molecule has 3 rings (SSSR count). The SMILES string of the molecule is O=c1[nH]cc(Cc2ccccc2)c2c([N+](=O)[O-])cccc12. The van der Waals surface area contributed by atoms with Gasteiger partial charge in [-0.25, -0.2) is 0 Å². The van der Waals surface area contributed by atoms with Gasteiger partial charge in [-0.05, 0) is 23.6 Å². The number of hydrogen-bond donors (Lipinski definition) is 1. The summed E-state index contributed by atoms with van der Waals surface area (Å²) in [6.45, 7) is 0. The molecule has 0 aliphatic rings. The van der Waals surface area contributed by atoms with Crippen LogP contribution in [0.25, 0.3) is 10.8 Å². The van der Waals surface area contributed by atoms with Gasteiger partial charge in [-0.2, -0.15) is 0 Å². The number of nitro groups is 1. The van der Waals surface area contributed by atoms with Crippen LogP contribution in [0.4, 0.5) is 5.69 Å². The highest BCUT2D eigenvalue weighted by molar-refractivity contribution is 5.93. The summed E-state index contributed by atoms with van der Waals surface area (Å²) in [4.78, 5) is 25.3. The molecule has 104 valence electrons. The van der Waals surface area contributed by atoms with Gasteiger partial charge in [0.15, 0.2) is 0 Å². The van der Waals surface area contributed by atoms with E-state index in [1.54, 1.807) is 12.3 Å². The Bertz CT molecular complexity index is 870. The van der Waals surface area contributed by atoms with Crippen molar-refractivity contribution in [1.82, 2.24) is 4.98 Å². The Labute approximate surface area is 120 Å². The summed E-state index contributed by atoms with van der Waals surface area (Å²) in [5.41, 5.74) is 1.42. The molecule has 0 atom stereocenters. The highest BCUT2D eigenvalue weighted by Crippen LogP contribution is 2.27. The second-order valence-electron chi connectivity index (χ2n) is 4.76. The lowest BCUT2D eigenvalue weighted by molar-refractivity contribution is -0.383. The fourth-order valence-corrected chi connectivity index (χ4v) is 2.48. The number of nitro benzene ring substituents is 1. The van der Waals surface area contributed by atoms with E-state index in [-0.39, 0.29) is 11.2 Å². The number of non-ortho nitro benzene ring substituents is 1. The van der Waals surface area contributed by atoms with Gasteiger partial charge in [0.25, 0.3) is 11.2 Å². The third kappa shape index (κ3) is 2.41. The summed E-state index contributed by atoms with van der Waals surface area (Å²) in [5, 5.41) is 12.0. The van der Waals surface area contributed by atoms with Crippen LogP contribution < -0.4 is 5.56 Å². The topological polar surface area (TPSA) is 76.0 Å². The molecule has 2 aromatic carbocycles. The van der Waals surface area contributed by atoms with Crippen LogP contribution in [0, 0.1) is 10.1 Å². The normalized spacial score (nSPS) is 10.7. The number of nitrogens with one attached hydrogen (secondary N) is 1. The maximum atomic E-state index is 11.9. The molecular weight excluding hydrogens is 268 g/mol. The van der Waals surface area contributed by atoms with Gasteiger partial charge in [0.1, 0.15) is 0 Å². The molecule has 3 aromatic rings. The second kappa shape index (κ2) is 5.20. The van der Waals surface area contributed by atoms with Crippen LogP contribution in [0.2, 0.25) is 0 Å². The van der Waals surface area contributed by atoms with Gasteiger partial charge >= 0.3 is 0 Å². The first-order chi connectivity index (χ1) is 10.2.